The van der Waals surface area contributed by atoms with E-state index in [0.29, 0.717) is 19.4 Å². The van der Waals surface area contributed by atoms with Gasteiger partial charge in [0.2, 0.25) is 5.91 Å². The summed E-state index contributed by atoms with van der Waals surface area (Å²) in [4.78, 5) is 22.4. The number of hydrogen-bond acceptors (Lipinski definition) is 6. The van der Waals surface area contributed by atoms with Crippen LogP contribution in [0.1, 0.15) is 55.1 Å². The van der Waals surface area contributed by atoms with E-state index in [-0.39, 0.29) is 53.3 Å². The van der Waals surface area contributed by atoms with E-state index in [0.717, 1.165) is 6.07 Å². The lowest BCUT2D eigenvalue weighted by Crippen LogP contribution is -2.40. The fraction of sp³-hybridized carbons (Fsp3) is 0.526. The Morgan fingerprint density at radius 1 is 1.40 bits per heavy atom. The zero-order valence-electron chi connectivity index (χ0n) is 16.6. The highest BCUT2D eigenvalue weighted by Crippen LogP contribution is 2.40. The van der Waals surface area contributed by atoms with Gasteiger partial charge in [-0.25, -0.2) is 14.6 Å². The number of piperidine rings is 1. The lowest BCUT2D eigenvalue weighted by atomic mass is 9.91. The Bertz CT molecular complexity index is 1050. The highest BCUT2D eigenvalue weighted by Gasteiger charge is 2.38. The van der Waals surface area contributed by atoms with Crippen LogP contribution in [0.25, 0.3) is 11.1 Å². The predicted molar refractivity (Wildman–Crippen MR) is 99.4 cm³/mol. The van der Waals surface area contributed by atoms with E-state index < -0.39 is 11.7 Å². The average Bonchev–Trinajstić information content (AvgIpc) is 3.36. The summed E-state index contributed by atoms with van der Waals surface area (Å²) < 4.78 is 47.6. The van der Waals surface area contributed by atoms with Gasteiger partial charge in [-0.05, 0) is 32.8 Å². The van der Waals surface area contributed by atoms with Crippen LogP contribution >= 0.6 is 0 Å². The molecule has 11 heteroatoms. The number of aryl methyl sites for hydroxylation is 1. The molecule has 1 amide bonds. The SMILES string of the molecule is Cc1cc(C(F)(F)F)c2c([C@H]3CCCN(C(=O)C[C@@H](C)n4cncn4)C3)noc2n1. The van der Waals surface area contributed by atoms with Crippen LogP contribution in [-0.4, -0.2) is 48.8 Å². The number of nitrogens with zero attached hydrogens (tertiary/aromatic N) is 6. The molecule has 0 unspecified atom stereocenters. The molecular weight excluding hydrogens is 401 g/mol. The normalized spacial score (nSPS) is 18.7. The van der Waals surface area contributed by atoms with Gasteiger partial charge in [0.15, 0.2) is 0 Å². The van der Waals surface area contributed by atoms with Crippen LogP contribution in [0.2, 0.25) is 0 Å². The van der Waals surface area contributed by atoms with Crippen molar-refractivity contribution in [2.45, 2.75) is 51.2 Å². The van der Waals surface area contributed by atoms with Crippen LogP contribution in [0.5, 0.6) is 0 Å². The molecule has 8 nitrogen and oxygen atoms in total. The number of aromatic nitrogens is 5. The molecule has 0 radical (unpaired) electrons. The third-order valence-electron chi connectivity index (χ3n) is 5.43. The molecule has 1 aliphatic heterocycles. The summed E-state index contributed by atoms with van der Waals surface area (Å²) in [6, 6.07) is 0.839. The van der Waals surface area contributed by atoms with Crippen LogP contribution in [0.15, 0.2) is 23.2 Å². The van der Waals surface area contributed by atoms with Crippen molar-refractivity contribution in [2.75, 3.05) is 13.1 Å². The molecule has 3 aromatic heterocycles. The Balaban J connectivity index is 1.58. The summed E-state index contributed by atoms with van der Waals surface area (Å²) in [6.45, 7) is 4.19. The molecule has 2 atom stereocenters. The van der Waals surface area contributed by atoms with Crippen LogP contribution in [0.4, 0.5) is 13.2 Å². The molecule has 0 aliphatic carbocycles. The van der Waals surface area contributed by atoms with Gasteiger partial charge in [-0.1, -0.05) is 5.16 Å². The Morgan fingerprint density at radius 3 is 2.90 bits per heavy atom. The zero-order valence-corrected chi connectivity index (χ0v) is 16.6. The highest BCUT2D eigenvalue weighted by atomic mass is 19.4. The standard InChI is InChI=1S/C19H21F3N6O2/c1-11-6-14(19(20,21)22)16-17(26-30-18(16)25-11)13-4-3-5-27(8-13)15(29)7-12(2)28-10-23-9-24-28/h6,9-10,12-13H,3-5,7-8H2,1-2H3/t12-,13+/m1/s1. The van der Waals surface area contributed by atoms with Gasteiger partial charge in [-0.15, -0.1) is 0 Å². The first kappa shape index (κ1) is 20.3. The Hall–Kier alpha value is -2.98. The number of amides is 1. The largest absolute Gasteiger partial charge is 0.417 e. The first-order valence-corrected chi connectivity index (χ1v) is 9.70. The minimum absolute atomic E-state index is 0.0829. The summed E-state index contributed by atoms with van der Waals surface area (Å²) >= 11 is 0. The maximum absolute atomic E-state index is 13.6. The van der Waals surface area contributed by atoms with Gasteiger partial charge in [0.1, 0.15) is 12.7 Å². The van der Waals surface area contributed by atoms with E-state index in [4.69, 9.17) is 4.52 Å². The molecule has 4 rings (SSSR count). The Kier molecular flexibility index (Phi) is 5.20. The summed E-state index contributed by atoms with van der Waals surface area (Å²) in [5.74, 6) is -0.434. The molecule has 1 aliphatic rings. The molecule has 0 saturated carbocycles. The zero-order chi connectivity index (χ0) is 21.5. The summed E-state index contributed by atoms with van der Waals surface area (Å²) in [5, 5.41) is 7.87. The van der Waals surface area contributed by atoms with Crippen LogP contribution in [0, 0.1) is 6.92 Å². The van der Waals surface area contributed by atoms with Crippen molar-refractivity contribution < 1.29 is 22.5 Å². The number of pyridine rings is 1. The molecular formula is C19H21F3N6O2. The summed E-state index contributed by atoms with van der Waals surface area (Å²) in [5.41, 5.74) is -0.503. The predicted octanol–water partition coefficient (Wildman–Crippen LogP) is 3.50. The van der Waals surface area contributed by atoms with Crippen molar-refractivity contribution in [3.8, 4) is 0 Å². The fourth-order valence-electron chi connectivity index (χ4n) is 3.95. The van der Waals surface area contributed by atoms with Crippen LogP contribution < -0.4 is 0 Å². The van der Waals surface area contributed by atoms with Crippen LogP contribution in [-0.2, 0) is 11.0 Å². The van der Waals surface area contributed by atoms with Gasteiger partial charge in [-0.2, -0.15) is 18.3 Å². The first-order valence-electron chi connectivity index (χ1n) is 9.70. The monoisotopic (exact) mass is 422 g/mol. The van der Waals surface area contributed by atoms with Crippen LogP contribution in [0.3, 0.4) is 0 Å². The molecule has 3 aromatic rings. The molecule has 1 fully saturated rings. The lowest BCUT2D eigenvalue weighted by Gasteiger charge is -2.32. The Labute approximate surface area is 170 Å². The van der Waals surface area contributed by atoms with Gasteiger partial charge in [0.25, 0.3) is 5.71 Å². The van der Waals surface area contributed by atoms with E-state index in [2.05, 4.69) is 20.2 Å². The van der Waals surface area contributed by atoms with Crippen molar-refractivity contribution in [2.24, 2.45) is 0 Å². The first-order chi connectivity index (χ1) is 14.2. The van der Waals surface area contributed by atoms with E-state index in [1.165, 1.54) is 13.3 Å². The third kappa shape index (κ3) is 3.88. The second-order valence-electron chi connectivity index (χ2n) is 7.66. The number of carbonyl (C=O) groups is 1. The van der Waals surface area contributed by atoms with Crippen molar-refractivity contribution >= 4 is 17.0 Å². The second kappa shape index (κ2) is 7.69. The number of halogens is 3. The number of likely N-dealkylation sites (tertiary alicyclic amines) is 1. The molecule has 0 bridgehead atoms. The number of fused-ring (bicyclic) bond motifs is 1. The summed E-state index contributed by atoms with van der Waals surface area (Å²) in [7, 11) is 0. The molecule has 0 N–H and O–H groups in total. The van der Waals surface area contributed by atoms with E-state index in [1.54, 1.807) is 15.9 Å². The van der Waals surface area contributed by atoms with Crippen molar-refractivity contribution in [3.63, 3.8) is 0 Å². The second-order valence-corrected chi connectivity index (χ2v) is 7.66. The van der Waals surface area contributed by atoms with E-state index in [9.17, 15) is 18.0 Å². The molecule has 30 heavy (non-hydrogen) atoms. The minimum Gasteiger partial charge on any atom is -0.342 e. The van der Waals surface area contributed by atoms with Crippen molar-refractivity contribution in [1.82, 2.24) is 29.8 Å². The minimum atomic E-state index is -4.55. The quantitative estimate of drug-likeness (QED) is 0.639. The fourth-order valence-corrected chi connectivity index (χ4v) is 3.95. The number of rotatable bonds is 4. The number of hydrogen-bond donors (Lipinski definition) is 0. The van der Waals surface area contributed by atoms with Crippen molar-refractivity contribution in [3.05, 3.63) is 35.7 Å². The molecule has 4 heterocycles. The number of carbonyl (C=O) groups excluding carboxylic acids is 1. The topological polar surface area (TPSA) is 89.9 Å². The number of alkyl halides is 3. The molecule has 0 spiro atoms. The van der Waals surface area contributed by atoms with E-state index in [1.807, 2.05) is 6.92 Å². The van der Waals surface area contributed by atoms with Gasteiger partial charge in [0.05, 0.1) is 22.7 Å². The summed E-state index contributed by atoms with van der Waals surface area (Å²) in [6.07, 6.45) is -0.0834. The van der Waals surface area contributed by atoms with Gasteiger partial charge < -0.3 is 9.42 Å². The van der Waals surface area contributed by atoms with E-state index >= 15 is 0 Å². The Morgan fingerprint density at radius 2 is 2.20 bits per heavy atom. The van der Waals surface area contributed by atoms with Gasteiger partial charge in [0, 0.05) is 31.1 Å². The smallest absolute Gasteiger partial charge is 0.342 e. The molecule has 1 saturated heterocycles. The maximum Gasteiger partial charge on any atom is 0.417 e. The average molecular weight is 422 g/mol. The molecule has 160 valence electrons. The third-order valence-corrected chi connectivity index (χ3v) is 5.43. The maximum atomic E-state index is 13.6. The van der Waals surface area contributed by atoms with Gasteiger partial charge >= 0.3 is 6.18 Å². The lowest BCUT2D eigenvalue weighted by molar-refractivity contribution is -0.136. The van der Waals surface area contributed by atoms with Crippen molar-refractivity contribution in [1.29, 1.82) is 0 Å². The molecule has 0 aromatic carbocycles. The highest BCUT2D eigenvalue weighted by molar-refractivity contribution is 5.82. The van der Waals surface area contributed by atoms with Gasteiger partial charge in [-0.3, -0.25) is 4.79 Å².